The summed E-state index contributed by atoms with van der Waals surface area (Å²) in [6.07, 6.45) is 3.26. The second kappa shape index (κ2) is 3.45. The highest BCUT2D eigenvalue weighted by atomic mass is 79.9. The normalized spacial score (nSPS) is 13.0. The quantitative estimate of drug-likeness (QED) is 0.694. The summed E-state index contributed by atoms with van der Waals surface area (Å²) in [5.74, 6) is 0. The van der Waals surface area contributed by atoms with Crippen LogP contribution in [-0.4, -0.2) is 15.4 Å². The molecular weight excluding hydrogens is 226 g/mol. The summed E-state index contributed by atoms with van der Waals surface area (Å²) in [6.45, 7) is 1.92. The van der Waals surface area contributed by atoms with Gasteiger partial charge in [0.25, 0.3) is 0 Å². The van der Waals surface area contributed by atoms with Gasteiger partial charge in [0, 0.05) is 12.5 Å². The van der Waals surface area contributed by atoms with Crippen molar-refractivity contribution in [2.45, 2.75) is 11.8 Å². The topological polar surface area (TPSA) is 30.0 Å². The van der Waals surface area contributed by atoms with Gasteiger partial charge in [-0.1, -0.05) is 0 Å². The van der Waals surface area contributed by atoms with Crippen LogP contribution in [-0.2, 0) is 10.8 Å². The monoisotopic (exact) mass is 233 g/mol. The first-order chi connectivity index (χ1) is 5.11. The average molecular weight is 234 g/mol. The zero-order valence-corrected chi connectivity index (χ0v) is 8.70. The molecule has 60 valence electrons. The maximum absolute atomic E-state index is 11.0. The van der Waals surface area contributed by atoms with Crippen LogP contribution in [0.2, 0.25) is 0 Å². The third-order valence-corrected chi connectivity index (χ3v) is 3.04. The Kier molecular flexibility index (Phi) is 2.78. The van der Waals surface area contributed by atoms with Crippen LogP contribution >= 0.6 is 15.9 Å². The molecule has 4 heteroatoms. The van der Waals surface area contributed by atoms with E-state index in [-0.39, 0.29) is 0 Å². The van der Waals surface area contributed by atoms with E-state index in [1.807, 2.05) is 13.0 Å². The van der Waals surface area contributed by atoms with Crippen molar-refractivity contribution < 1.29 is 4.21 Å². The molecule has 0 amide bonds. The molecule has 1 unspecified atom stereocenters. The molecule has 0 aliphatic carbocycles. The fourth-order valence-electron chi connectivity index (χ4n) is 0.690. The zero-order valence-electron chi connectivity index (χ0n) is 6.30. The third kappa shape index (κ3) is 2.10. The van der Waals surface area contributed by atoms with Crippen molar-refractivity contribution >= 4 is 26.7 Å². The van der Waals surface area contributed by atoms with Gasteiger partial charge in [0.1, 0.15) is 4.60 Å². The van der Waals surface area contributed by atoms with Gasteiger partial charge in [-0.3, -0.25) is 4.21 Å². The molecule has 1 rings (SSSR count). The average Bonchev–Trinajstić information content (AvgIpc) is 1.94. The summed E-state index contributed by atoms with van der Waals surface area (Å²) in [5, 5.41) is 0. The number of aryl methyl sites for hydroxylation is 1. The summed E-state index contributed by atoms with van der Waals surface area (Å²) in [7, 11) is -0.931. The Labute approximate surface area is 76.6 Å². The molecule has 1 aromatic rings. The van der Waals surface area contributed by atoms with Gasteiger partial charge in [-0.05, 0) is 34.5 Å². The molecule has 0 aliphatic rings. The van der Waals surface area contributed by atoms with Crippen LogP contribution in [0.25, 0.3) is 0 Å². The van der Waals surface area contributed by atoms with Crippen LogP contribution in [0.3, 0.4) is 0 Å². The van der Waals surface area contributed by atoms with Crippen molar-refractivity contribution in [1.29, 1.82) is 0 Å². The minimum Gasteiger partial charge on any atom is -0.255 e. The van der Waals surface area contributed by atoms with E-state index in [0.29, 0.717) is 0 Å². The number of hydrogen-bond acceptors (Lipinski definition) is 2. The van der Waals surface area contributed by atoms with Gasteiger partial charge >= 0.3 is 0 Å². The predicted octanol–water partition coefficient (Wildman–Crippen LogP) is 1.89. The highest BCUT2D eigenvalue weighted by Gasteiger charge is 2.00. The molecule has 0 spiro atoms. The summed E-state index contributed by atoms with van der Waals surface area (Å²) in [6, 6.07) is 1.87. The first-order valence-corrected chi connectivity index (χ1v) is 5.42. The first kappa shape index (κ1) is 8.87. The third-order valence-electron chi connectivity index (χ3n) is 1.32. The number of halogens is 1. The van der Waals surface area contributed by atoms with Crippen molar-refractivity contribution in [3.8, 4) is 0 Å². The molecule has 11 heavy (non-hydrogen) atoms. The molecule has 0 radical (unpaired) electrons. The van der Waals surface area contributed by atoms with Gasteiger partial charge in [0.15, 0.2) is 0 Å². The largest absolute Gasteiger partial charge is 0.255 e. The lowest BCUT2D eigenvalue weighted by Crippen LogP contribution is -1.90. The van der Waals surface area contributed by atoms with E-state index < -0.39 is 10.8 Å². The minimum atomic E-state index is -0.931. The Morgan fingerprint density at radius 2 is 2.27 bits per heavy atom. The molecule has 1 aromatic heterocycles. The summed E-state index contributed by atoms with van der Waals surface area (Å²) < 4.78 is 11.8. The molecular formula is C7H8BrNOS. The molecule has 1 atom stereocenters. The fraction of sp³-hybridized carbons (Fsp3) is 0.286. The Balaban J connectivity index is 3.15. The Morgan fingerprint density at radius 1 is 1.64 bits per heavy atom. The number of nitrogens with zero attached hydrogens (tertiary/aromatic N) is 1. The Morgan fingerprint density at radius 3 is 2.73 bits per heavy atom. The Bertz CT molecular complexity index is 300. The van der Waals surface area contributed by atoms with Gasteiger partial charge in [0.2, 0.25) is 0 Å². The highest BCUT2D eigenvalue weighted by Crippen LogP contribution is 2.14. The van der Waals surface area contributed by atoms with Gasteiger partial charge in [-0.2, -0.15) is 0 Å². The van der Waals surface area contributed by atoms with Gasteiger partial charge in [-0.15, -0.1) is 0 Å². The summed E-state index contributed by atoms with van der Waals surface area (Å²) >= 11 is 3.27. The van der Waals surface area contributed by atoms with Crippen LogP contribution < -0.4 is 0 Å². The number of pyridine rings is 1. The number of rotatable bonds is 1. The van der Waals surface area contributed by atoms with E-state index >= 15 is 0 Å². The van der Waals surface area contributed by atoms with Gasteiger partial charge < -0.3 is 0 Å². The first-order valence-electron chi connectivity index (χ1n) is 3.07. The molecule has 0 fully saturated rings. The molecule has 0 N–H and O–H groups in total. The summed E-state index contributed by atoms with van der Waals surface area (Å²) in [4.78, 5) is 4.79. The standard InChI is InChI=1S/C7H8BrNOS/c1-5-3-6(11(2)10)4-9-7(5)8/h3-4H,1-2H3. The molecule has 0 saturated carbocycles. The lowest BCUT2D eigenvalue weighted by atomic mass is 10.3. The lowest BCUT2D eigenvalue weighted by molar-refractivity contribution is 0.686. The molecule has 1 heterocycles. The second-order valence-corrected chi connectivity index (χ2v) is 4.36. The lowest BCUT2D eigenvalue weighted by Gasteiger charge is -1.98. The summed E-state index contributed by atoms with van der Waals surface area (Å²) in [5.41, 5.74) is 1.01. The molecule has 0 aromatic carbocycles. The zero-order chi connectivity index (χ0) is 8.43. The van der Waals surface area contributed by atoms with Crippen LogP contribution in [0.15, 0.2) is 21.8 Å². The van der Waals surface area contributed by atoms with E-state index in [2.05, 4.69) is 20.9 Å². The predicted molar refractivity (Wildman–Crippen MR) is 49.0 cm³/mol. The fourth-order valence-corrected chi connectivity index (χ4v) is 1.45. The van der Waals surface area contributed by atoms with Crippen LogP contribution in [0.5, 0.6) is 0 Å². The minimum absolute atomic E-state index is 0.769. The van der Waals surface area contributed by atoms with E-state index in [1.165, 1.54) is 0 Å². The van der Waals surface area contributed by atoms with Crippen molar-refractivity contribution in [1.82, 2.24) is 4.98 Å². The van der Waals surface area contributed by atoms with Gasteiger partial charge in [0.05, 0.1) is 15.7 Å². The van der Waals surface area contributed by atoms with Gasteiger partial charge in [-0.25, -0.2) is 4.98 Å². The molecule has 0 aliphatic heterocycles. The SMILES string of the molecule is Cc1cc(S(C)=O)cnc1Br. The highest BCUT2D eigenvalue weighted by molar-refractivity contribution is 9.10. The van der Waals surface area contributed by atoms with E-state index in [9.17, 15) is 4.21 Å². The number of hydrogen-bond donors (Lipinski definition) is 0. The maximum Gasteiger partial charge on any atom is 0.109 e. The molecule has 2 nitrogen and oxygen atoms in total. The maximum atomic E-state index is 11.0. The smallest absolute Gasteiger partial charge is 0.109 e. The number of aromatic nitrogens is 1. The van der Waals surface area contributed by atoms with E-state index in [1.54, 1.807) is 12.5 Å². The van der Waals surface area contributed by atoms with Crippen LogP contribution in [0, 0.1) is 6.92 Å². The van der Waals surface area contributed by atoms with Crippen molar-refractivity contribution in [2.75, 3.05) is 6.26 Å². The molecule has 0 bridgehead atoms. The van der Waals surface area contributed by atoms with Crippen molar-refractivity contribution in [2.24, 2.45) is 0 Å². The molecule has 0 saturated heterocycles. The Hall–Kier alpha value is -0.220. The second-order valence-electron chi connectivity index (χ2n) is 2.23. The van der Waals surface area contributed by atoms with E-state index in [4.69, 9.17) is 0 Å². The van der Waals surface area contributed by atoms with Crippen molar-refractivity contribution in [3.05, 3.63) is 22.4 Å². The van der Waals surface area contributed by atoms with Crippen molar-refractivity contribution in [3.63, 3.8) is 0 Å². The van der Waals surface area contributed by atoms with Crippen LogP contribution in [0.4, 0.5) is 0 Å². The van der Waals surface area contributed by atoms with E-state index in [0.717, 1.165) is 15.1 Å². The van der Waals surface area contributed by atoms with Crippen LogP contribution in [0.1, 0.15) is 5.56 Å².